The predicted molar refractivity (Wildman–Crippen MR) is 58.8 cm³/mol. The van der Waals surface area contributed by atoms with Crippen LogP contribution in [0.2, 0.25) is 0 Å². The minimum absolute atomic E-state index is 1.28. The van der Waals surface area contributed by atoms with Crippen LogP contribution in [-0.2, 0) is 0 Å². The summed E-state index contributed by atoms with van der Waals surface area (Å²) in [5.74, 6) is -16.1. The molecule has 0 bridgehead atoms. The Morgan fingerprint density at radius 3 is 1.05 bits per heavy atom. The Bertz CT molecular complexity index is 882. The monoisotopic (exact) mass is 320 g/mol. The molecular formula is C14F8. The largest absolute Gasteiger partial charge is 0.205 e. The molecule has 2 radical (unpaired) electrons. The summed E-state index contributed by atoms with van der Waals surface area (Å²) in [6, 6.07) is 2.74. The summed E-state index contributed by atoms with van der Waals surface area (Å²) in [7, 11) is 0. The molecule has 0 nitrogen and oxygen atoms in total. The van der Waals surface area contributed by atoms with Crippen LogP contribution in [0.1, 0.15) is 0 Å². The summed E-state index contributed by atoms with van der Waals surface area (Å²) in [6.45, 7) is 0. The Morgan fingerprint density at radius 1 is 0.409 bits per heavy atom. The van der Waals surface area contributed by atoms with Gasteiger partial charge in [-0.15, -0.1) is 0 Å². The Morgan fingerprint density at radius 2 is 0.727 bits per heavy atom. The third-order valence-corrected chi connectivity index (χ3v) is 3.06. The van der Waals surface area contributed by atoms with Crippen molar-refractivity contribution in [3.05, 3.63) is 58.7 Å². The average molecular weight is 320 g/mol. The molecule has 0 spiro atoms. The van der Waals surface area contributed by atoms with E-state index in [1.165, 1.54) is 12.1 Å². The van der Waals surface area contributed by atoms with Crippen molar-refractivity contribution >= 4 is 21.5 Å². The van der Waals surface area contributed by atoms with Crippen LogP contribution >= 0.6 is 0 Å². The van der Waals surface area contributed by atoms with Gasteiger partial charge in [-0.3, -0.25) is 0 Å². The molecule has 0 saturated carbocycles. The predicted octanol–water partition coefficient (Wildman–Crippen LogP) is 4.71. The number of hydrogen-bond donors (Lipinski definition) is 0. The molecule has 8 heteroatoms. The second-order valence-corrected chi connectivity index (χ2v) is 4.26. The van der Waals surface area contributed by atoms with E-state index >= 15 is 0 Å². The van der Waals surface area contributed by atoms with E-state index in [9.17, 15) is 35.1 Å². The number of halogens is 8. The first-order chi connectivity index (χ1) is 10.3. The molecule has 0 fully saturated rings. The first-order valence-corrected chi connectivity index (χ1v) is 5.51. The molecule has 0 saturated heterocycles. The zero-order valence-corrected chi connectivity index (χ0v) is 10.0. The van der Waals surface area contributed by atoms with Crippen molar-refractivity contribution in [3.63, 3.8) is 0 Å². The van der Waals surface area contributed by atoms with Crippen LogP contribution in [0.3, 0.4) is 0 Å². The van der Waals surface area contributed by atoms with Crippen molar-refractivity contribution in [1.29, 1.82) is 0 Å². The van der Waals surface area contributed by atoms with Crippen molar-refractivity contribution < 1.29 is 35.1 Å². The minimum atomic E-state index is -2.15. The molecule has 22 heavy (non-hydrogen) atoms. The average Bonchev–Trinajstić information content (AvgIpc) is 2.47. The van der Waals surface area contributed by atoms with Crippen molar-refractivity contribution in [3.8, 4) is 0 Å². The van der Waals surface area contributed by atoms with Gasteiger partial charge in [-0.1, -0.05) is 0 Å². The van der Waals surface area contributed by atoms with Crippen molar-refractivity contribution in [2.45, 2.75) is 0 Å². The molecule has 0 aliphatic heterocycles. The second-order valence-electron chi connectivity index (χ2n) is 4.26. The molecule has 0 aliphatic carbocycles. The van der Waals surface area contributed by atoms with E-state index in [0.29, 0.717) is 0 Å². The highest BCUT2D eigenvalue weighted by Gasteiger charge is 2.27. The molecule has 3 aromatic rings. The Labute approximate surface area is 116 Å². The number of benzene rings is 3. The van der Waals surface area contributed by atoms with Crippen molar-refractivity contribution in [2.24, 2.45) is 0 Å². The van der Waals surface area contributed by atoms with Gasteiger partial charge in [0, 0.05) is 22.9 Å². The van der Waals surface area contributed by atoms with Gasteiger partial charge in [0.15, 0.2) is 34.9 Å². The summed E-state index contributed by atoms with van der Waals surface area (Å²) in [4.78, 5) is 0. The van der Waals surface area contributed by atoms with Crippen LogP contribution in [0.4, 0.5) is 35.1 Å². The summed E-state index contributed by atoms with van der Waals surface area (Å²) in [5.41, 5.74) is 0. The van der Waals surface area contributed by atoms with Crippen LogP contribution in [0.15, 0.2) is 0 Å². The minimum Gasteiger partial charge on any atom is -0.205 e. The highest BCUT2D eigenvalue weighted by Crippen LogP contribution is 2.36. The van der Waals surface area contributed by atoms with Gasteiger partial charge in [-0.2, -0.15) is 0 Å². The maximum atomic E-state index is 14.1. The number of hydrogen-bond acceptors (Lipinski definition) is 0. The van der Waals surface area contributed by atoms with Gasteiger partial charge in [0.1, 0.15) is 11.6 Å². The molecule has 0 aromatic heterocycles. The first kappa shape index (κ1) is 14.6. The Kier molecular flexibility index (Phi) is 3.01. The topological polar surface area (TPSA) is 0 Å². The smallest absolute Gasteiger partial charge is 0.195 e. The van der Waals surface area contributed by atoms with Crippen molar-refractivity contribution in [2.75, 3.05) is 0 Å². The van der Waals surface area contributed by atoms with E-state index in [4.69, 9.17) is 0 Å². The van der Waals surface area contributed by atoms with Gasteiger partial charge in [-0.25, -0.2) is 35.1 Å². The number of rotatable bonds is 0. The van der Waals surface area contributed by atoms with E-state index < -0.39 is 68.1 Å². The lowest BCUT2D eigenvalue weighted by Gasteiger charge is -2.10. The lowest BCUT2D eigenvalue weighted by molar-refractivity contribution is 0.446. The van der Waals surface area contributed by atoms with Gasteiger partial charge in [0.05, 0.1) is 10.8 Å². The first-order valence-electron chi connectivity index (χ1n) is 5.51. The van der Waals surface area contributed by atoms with Gasteiger partial charge in [0.25, 0.3) is 0 Å². The molecule has 0 amide bonds. The quantitative estimate of drug-likeness (QED) is 0.320. The summed E-state index contributed by atoms with van der Waals surface area (Å²) >= 11 is 0. The summed E-state index contributed by atoms with van der Waals surface area (Å²) in [5, 5.41) is -5.38. The fourth-order valence-electron chi connectivity index (χ4n) is 2.08. The third-order valence-electron chi connectivity index (χ3n) is 3.06. The highest BCUT2D eigenvalue weighted by molar-refractivity contribution is 6.00. The maximum Gasteiger partial charge on any atom is 0.195 e. The SMILES string of the molecule is Fc1[c]c2c(F)c3c(F)c(F)c(F)[c]c3c(F)c2c(F)c1F. The second kappa shape index (κ2) is 4.56. The molecule has 3 rings (SSSR count). The molecule has 0 N–H and O–H groups in total. The molecule has 0 atom stereocenters. The molecule has 0 unspecified atom stereocenters. The molecule has 0 aliphatic rings. The van der Waals surface area contributed by atoms with Crippen LogP contribution in [-0.4, -0.2) is 0 Å². The van der Waals surface area contributed by atoms with E-state index in [0.717, 1.165) is 0 Å². The molecule has 0 heterocycles. The fourth-order valence-corrected chi connectivity index (χ4v) is 2.08. The summed E-state index contributed by atoms with van der Waals surface area (Å²) < 4.78 is 108. The van der Waals surface area contributed by atoms with Crippen LogP contribution in [0, 0.1) is 58.7 Å². The zero-order valence-electron chi connectivity index (χ0n) is 10.0. The van der Waals surface area contributed by atoms with Gasteiger partial charge in [0.2, 0.25) is 0 Å². The van der Waals surface area contributed by atoms with E-state index in [-0.39, 0.29) is 0 Å². The summed E-state index contributed by atoms with van der Waals surface area (Å²) in [6.07, 6.45) is 0. The van der Waals surface area contributed by atoms with E-state index in [1.54, 1.807) is 0 Å². The maximum absolute atomic E-state index is 14.1. The van der Waals surface area contributed by atoms with Crippen LogP contribution < -0.4 is 0 Å². The van der Waals surface area contributed by atoms with E-state index in [1.807, 2.05) is 0 Å². The molecule has 3 aromatic carbocycles. The van der Waals surface area contributed by atoms with Crippen molar-refractivity contribution in [1.82, 2.24) is 0 Å². The molecule has 112 valence electrons. The highest BCUT2D eigenvalue weighted by atomic mass is 19.2. The lowest BCUT2D eigenvalue weighted by atomic mass is 10.00. The number of fused-ring (bicyclic) bond motifs is 2. The Hall–Kier alpha value is -2.38. The lowest BCUT2D eigenvalue weighted by Crippen LogP contribution is -2.02. The standard InChI is InChI=1S/C14F8/c15-5-1-3-7(13(21)11(5)19)10(18)4-2-6(16)12(20)14(22)8(4)9(3)17. The van der Waals surface area contributed by atoms with Crippen LogP contribution in [0.25, 0.3) is 21.5 Å². The normalized spacial score (nSPS) is 11.6. The van der Waals surface area contributed by atoms with Gasteiger partial charge >= 0.3 is 0 Å². The molecular weight excluding hydrogens is 320 g/mol. The zero-order chi connectivity index (χ0) is 16.3. The van der Waals surface area contributed by atoms with Gasteiger partial charge < -0.3 is 0 Å². The third kappa shape index (κ3) is 1.69. The Balaban J connectivity index is 2.71. The van der Waals surface area contributed by atoms with E-state index in [2.05, 4.69) is 0 Å². The van der Waals surface area contributed by atoms with Crippen LogP contribution in [0.5, 0.6) is 0 Å². The fraction of sp³-hybridized carbons (Fsp3) is 0. The van der Waals surface area contributed by atoms with Gasteiger partial charge in [-0.05, 0) is 0 Å².